The van der Waals surface area contributed by atoms with Gasteiger partial charge in [-0.2, -0.15) is 0 Å². The summed E-state index contributed by atoms with van der Waals surface area (Å²) < 4.78 is 6.55. The van der Waals surface area contributed by atoms with E-state index >= 15 is 0 Å². The first kappa shape index (κ1) is 29.7. The van der Waals surface area contributed by atoms with Crippen LogP contribution in [0.1, 0.15) is 0 Å². The number of hydrogen-bond acceptors (Lipinski definition) is 1. The van der Waals surface area contributed by atoms with Crippen LogP contribution < -0.4 is 0 Å². The molecule has 53 heavy (non-hydrogen) atoms. The second-order valence-corrected chi connectivity index (χ2v) is 13.9. The maximum atomic E-state index is 6.55. The highest BCUT2D eigenvalue weighted by atomic mass is 16.3. The van der Waals surface area contributed by atoms with Gasteiger partial charge in [0.2, 0.25) is 0 Å². The van der Waals surface area contributed by atoms with Gasteiger partial charge in [0.05, 0.1) is 0 Å². The molecule has 10 aromatic carbocycles. The Kier molecular flexibility index (Phi) is 6.62. The molecule has 0 unspecified atom stereocenters. The Bertz CT molecular complexity index is 3150. The van der Waals surface area contributed by atoms with E-state index < -0.39 is 0 Å². The second-order valence-electron chi connectivity index (χ2n) is 13.9. The van der Waals surface area contributed by atoms with Gasteiger partial charge in [0.15, 0.2) is 0 Å². The van der Waals surface area contributed by atoms with Crippen LogP contribution in [0.4, 0.5) is 0 Å². The summed E-state index contributed by atoms with van der Waals surface area (Å²) in [7, 11) is 0. The van der Waals surface area contributed by atoms with Crippen LogP contribution in [-0.4, -0.2) is 0 Å². The molecule has 1 aromatic heterocycles. The zero-order valence-electron chi connectivity index (χ0n) is 28.9. The first-order chi connectivity index (χ1) is 26.3. The Morgan fingerprint density at radius 3 is 1.43 bits per heavy atom. The summed E-state index contributed by atoms with van der Waals surface area (Å²) in [5.74, 6) is 0. The smallest absolute Gasteiger partial charge is 0.136 e. The summed E-state index contributed by atoms with van der Waals surface area (Å²) in [6.45, 7) is 0. The molecular formula is C52H32O. The molecule has 1 heterocycles. The molecule has 0 radical (unpaired) electrons. The van der Waals surface area contributed by atoms with E-state index in [9.17, 15) is 0 Å². The largest absolute Gasteiger partial charge is 0.456 e. The van der Waals surface area contributed by atoms with Gasteiger partial charge in [-0.15, -0.1) is 0 Å². The van der Waals surface area contributed by atoms with Crippen molar-refractivity contribution in [3.63, 3.8) is 0 Å². The normalized spacial score (nSPS) is 11.8. The minimum atomic E-state index is 0.898. The van der Waals surface area contributed by atoms with Crippen molar-refractivity contribution in [2.45, 2.75) is 0 Å². The van der Waals surface area contributed by atoms with Crippen LogP contribution in [0.5, 0.6) is 0 Å². The van der Waals surface area contributed by atoms with E-state index in [1.54, 1.807) is 0 Å². The van der Waals surface area contributed by atoms with E-state index in [-0.39, 0.29) is 0 Å². The van der Waals surface area contributed by atoms with Crippen LogP contribution in [0.3, 0.4) is 0 Å². The fraction of sp³-hybridized carbons (Fsp3) is 0. The van der Waals surface area contributed by atoms with Crippen molar-refractivity contribution in [1.29, 1.82) is 0 Å². The molecule has 0 saturated heterocycles. The van der Waals surface area contributed by atoms with E-state index in [1.165, 1.54) is 87.6 Å². The summed E-state index contributed by atoms with van der Waals surface area (Å²) in [6.07, 6.45) is 0. The standard InChI is InChI=1S/C52H32O/c1-3-15-33(16-4-1)35-29-30-48-47(31-35)52-44(27-14-28-49(52)53-48)51-41-23-11-9-21-39(41)50(40-22-10-12-24-42(40)51)43-26-13-25-38-36-19-7-8-20-37(36)45(32-46(38)43)34-17-5-2-6-18-34/h1-32H. The summed E-state index contributed by atoms with van der Waals surface area (Å²) >= 11 is 0. The minimum Gasteiger partial charge on any atom is -0.456 e. The van der Waals surface area contributed by atoms with E-state index in [1.807, 2.05) is 0 Å². The molecule has 0 atom stereocenters. The third kappa shape index (κ3) is 4.58. The molecule has 0 amide bonds. The second kappa shape index (κ2) is 11.8. The van der Waals surface area contributed by atoms with E-state index in [2.05, 4.69) is 194 Å². The van der Waals surface area contributed by atoms with Gasteiger partial charge in [0.25, 0.3) is 0 Å². The third-order valence-corrected chi connectivity index (χ3v) is 11.1. The quantitative estimate of drug-likeness (QED) is 0.134. The Labute approximate surface area is 307 Å². The van der Waals surface area contributed by atoms with E-state index in [0.29, 0.717) is 0 Å². The summed E-state index contributed by atoms with van der Waals surface area (Å²) in [6, 6.07) is 70.5. The van der Waals surface area contributed by atoms with Gasteiger partial charge in [0.1, 0.15) is 11.2 Å². The predicted molar refractivity (Wildman–Crippen MR) is 225 cm³/mol. The van der Waals surface area contributed by atoms with Crippen molar-refractivity contribution in [2.75, 3.05) is 0 Å². The van der Waals surface area contributed by atoms with Gasteiger partial charge in [-0.3, -0.25) is 0 Å². The number of furan rings is 1. The van der Waals surface area contributed by atoms with Gasteiger partial charge in [0, 0.05) is 10.8 Å². The molecular weight excluding hydrogens is 641 g/mol. The number of rotatable bonds is 4. The van der Waals surface area contributed by atoms with Crippen molar-refractivity contribution in [3.8, 4) is 44.5 Å². The maximum Gasteiger partial charge on any atom is 0.136 e. The molecule has 0 aliphatic rings. The molecule has 0 aliphatic heterocycles. The molecule has 246 valence electrons. The highest BCUT2D eigenvalue weighted by Gasteiger charge is 2.22. The molecule has 0 aliphatic carbocycles. The number of hydrogen-bond donors (Lipinski definition) is 0. The number of benzene rings is 10. The summed E-state index contributed by atoms with van der Waals surface area (Å²) in [4.78, 5) is 0. The molecule has 1 nitrogen and oxygen atoms in total. The molecule has 11 rings (SSSR count). The van der Waals surface area contributed by atoms with Crippen LogP contribution in [0.2, 0.25) is 0 Å². The highest BCUT2D eigenvalue weighted by Crippen LogP contribution is 2.49. The van der Waals surface area contributed by atoms with Crippen LogP contribution in [-0.2, 0) is 0 Å². The molecule has 11 aromatic rings. The number of fused-ring (bicyclic) bond motifs is 8. The van der Waals surface area contributed by atoms with E-state index in [4.69, 9.17) is 4.42 Å². The monoisotopic (exact) mass is 672 g/mol. The lowest BCUT2D eigenvalue weighted by Gasteiger charge is -2.20. The highest BCUT2D eigenvalue weighted by molar-refractivity contribution is 6.28. The van der Waals surface area contributed by atoms with Crippen molar-refractivity contribution in [1.82, 2.24) is 0 Å². The molecule has 1 heteroatoms. The van der Waals surface area contributed by atoms with Gasteiger partial charge in [-0.05, 0) is 112 Å². The lowest BCUT2D eigenvalue weighted by molar-refractivity contribution is 0.669. The van der Waals surface area contributed by atoms with Crippen molar-refractivity contribution >= 4 is 65.0 Å². The Morgan fingerprint density at radius 1 is 0.245 bits per heavy atom. The zero-order chi connectivity index (χ0) is 34.9. The molecule has 0 N–H and O–H groups in total. The minimum absolute atomic E-state index is 0.898. The maximum absolute atomic E-state index is 6.55. The average Bonchev–Trinajstić information content (AvgIpc) is 3.61. The lowest BCUT2D eigenvalue weighted by Crippen LogP contribution is -1.93. The van der Waals surface area contributed by atoms with E-state index in [0.717, 1.165) is 21.9 Å². The van der Waals surface area contributed by atoms with Crippen molar-refractivity contribution in [3.05, 3.63) is 194 Å². The van der Waals surface area contributed by atoms with Crippen LogP contribution in [0, 0.1) is 0 Å². The molecule has 0 spiro atoms. The molecule has 0 fully saturated rings. The van der Waals surface area contributed by atoms with Gasteiger partial charge in [-0.1, -0.05) is 170 Å². The zero-order valence-corrected chi connectivity index (χ0v) is 28.9. The lowest BCUT2D eigenvalue weighted by atomic mass is 9.83. The van der Waals surface area contributed by atoms with Crippen molar-refractivity contribution in [2.24, 2.45) is 0 Å². The van der Waals surface area contributed by atoms with Gasteiger partial charge < -0.3 is 4.42 Å². The van der Waals surface area contributed by atoms with Crippen LogP contribution in [0.25, 0.3) is 110 Å². The van der Waals surface area contributed by atoms with Crippen LogP contribution >= 0.6 is 0 Å². The van der Waals surface area contributed by atoms with Crippen molar-refractivity contribution < 1.29 is 4.42 Å². The molecule has 0 bridgehead atoms. The fourth-order valence-electron chi connectivity index (χ4n) is 8.76. The summed E-state index contributed by atoms with van der Waals surface area (Å²) in [5, 5.41) is 12.2. The fourth-order valence-corrected chi connectivity index (χ4v) is 8.76. The average molecular weight is 673 g/mol. The van der Waals surface area contributed by atoms with Gasteiger partial charge in [-0.25, -0.2) is 0 Å². The Balaban J connectivity index is 1.24. The first-order valence-electron chi connectivity index (χ1n) is 18.3. The molecule has 0 saturated carbocycles. The Hall–Kier alpha value is -6.96. The Morgan fingerprint density at radius 2 is 0.755 bits per heavy atom. The third-order valence-electron chi connectivity index (χ3n) is 11.1. The first-order valence-corrected chi connectivity index (χ1v) is 18.3. The predicted octanol–water partition coefficient (Wildman–Crippen LogP) is 14.9. The SMILES string of the molecule is c1ccc(-c2ccc3oc4cccc(-c5c6ccccc6c(-c6cccc7c6cc(-c6ccccc6)c6ccccc67)c6ccccc56)c4c3c2)cc1. The van der Waals surface area contributed by atoms with Gasteiger partial charge >= 0.3 is 0 Å². The summed E-state index contributed by atoms with van der Waals surface area (Å²) in [5.41, 5.74) is 11.6. The topological polar surface area (TPSA) is 13.1 Å². The van der Waals surface area contributed by atoms with Crippen LogP contribution in [0.15, 0.2) is 199 Å².